The van der Waals surface area contributed by atoms with Gasteiger partial charge in [0.05, 0.1) is 12.2 Å². The van der Waals surface area contributed by atoms with Crippen LogP contribution in [0, 0.1) is 52.3 Å². The molecule has 0 aliphatic heterocycles. The Morgan fingerprint density at radius 3 is 2.35 bits per heavy atom. The fourth-order valence-corrected chi connectivity index (χ4v) is 9.90. The van der Waals surface area contributed by atoms with Gasteiger partial charge in [0.2, 0.25) is 0 Å². The van der Waals surface area contributed by atoms with E-state index in [4.69, 9.17) is 8.74 Å². The number of Topliss-reactive ketones (excluding diaryl/α,β-unsaturated/α-hetero) is 1. The summed E-state index contributed by atoms with van der Waals surface area (Å²) in [5.41, 5.74) is 0.368. The van der Waals surface area contributed by atoms with Crippen LogP contribution in [0.1, 0.15) is 98.8 Å². The molecule has 7 heteroatoms. The molecule has 0 aromatic heterocycles. The number of carbonyl (C=O) groups is 1. The second-order valence-electron chi connectivity index (χ2n) is 13.1. The van der Waals surface area contributed by atoms with Crippen LogP contribution in [0.2, 0.25) is 0 Å². The summed E-state index contributed by atoms with van der Waals surface area (Å²) in [6, 6.07) is 0. The molecule has 10 atom stereocenters. The largest absolute Gasteiger partial charge is 0.397 e. The van der Waals surface area contributed by atoms with E-state index in [1.807, 2.05) is 13.8 Å². The first-order chi connectivity index (χ1) is 15.8. The van der Waals surface area contributed by atoms with Crippen LogP contribution in [0.4, 0.5) is 0 Å². The molecule has 4 fully saturated rings. The molecule has 0 heterocycles. The van der Waals surface area contributed by atoms with Crippen molar-refractivity contribution in [1.29, 1.82) is 0 Å². The van der Waals surface area contributed by atoms with Crippen LogP contribution in [-0.4, -0.2) is 36.1 Å². The van der Waals surface area contributed by atoms with E-state index in [1.54, 1.807) is 0 Å². The quantitative estimate of drug-likeness (QED) is 0.453. The molecule has 3 unspecified atom stereocenters. The highest BCUT2D eigenvalue weighted by molar-refractivity contribution is 7.80. The lowest BCUT2D eigenvalue weighted by Crippen LogP contribution is -2.58. The Bertz CT molecular complexity index is 870. The van der Waals surface area contributed by atoms with Gasteiger partial charge in [-0.2, -0.15) is 8.42 Å². The Morgan fingerprint density at radius 1 is 1.03 bits per heavy atom. The molecule has 4 aliphatic rings. The first-order valence-corrected chi connectivity index (χ1v) is 15.0. The summed E-state index contributed by atoms with van der Waals surface area (Å²) in [7, 11) is -4.45. The molecule has 0 aromatic carbocycles. The first kappa shape index (κ1) is 26.6. The number of hydrogen-bond donors (Lipinski definition) is 2. The van der Waals surface area contributed by atoms with Crippen molar-refractivity contribution in [2.45, 2.75) is 111 Å². The number of fused-ring (bicyclic) bond motifs is 5. The fraction of sp³-hybridized carbons (Fsp3) is 0.963. The zero-order chi connectivity index (χ0) is 25.1. The van der Waals surface area contributed by atoms with Gasteiger partial charge >= 0.3 is 10.4 Å². The highest BCUT2D eigenvalue weighted by atomic mass is 32.3. The van der Waals surface area contributed by atoms with Crippen molar-refractivity contribution in [3.05, 3.63) is 0 Å². The summed E-state index contributed by atoms with van der Waals surface area (Å²) in [6.07, 6.45) is 8.40. The zero-order valence-electron chi connectivity index (χ0n) is 21.7. The molecule has 0 radical (unpaired) electrons. The molecule has 196 valence electrons. The maximum Gasteiger partial charge on any atom is 0.397 e. The van der Waals surface area contributed by atoms with Gasteiger partial charge < -0.3 is 5.11 Å². The average Bonchev–Trinajstić information content (AvgIpc) is 3.08. The Labute approximate surface area is 206 Å². The minimum atomic E-state index is -4.45. The Morgan fingerprint density at radius 2 is 1.71 bits per heavy atom. The SMILES string of the molecule is CC(C)[C@@H](CC[C@@H](C)[C@H]1CCC2C3C(CC[C@@]21C)[C@@]1(C)CCC(=O)C[C@H]1C[C@@H]3O)OS(=O)(=O)O. The highest BCUT2D eigenvalue weighted by Crippen LogP contribution is 2.68. The lowest BCUT2D eigenvalue weighted by atomic mass is 9.44. The normalized spacial score (nSPS) is 44.3. The molecule has 34 heavy (non-hydrogen) atoms. The number of ketones is 1. The molecule has 0 bridgehead atoms. The maximum atomic E-state index is 12.2. The molecule has 0 saturated heterocycles. The molecule has 4 aliphatic carbocycles. The standard InChI is InChI=1S/C27H46O6S/c1-16(2)24(33-34(30,31)32)9-6-17(3)20-7-8-21-25-22(11-13-27(20,21)5)26(4)12-10-19(28)14-18(26)15-23(25)29/h16-18,20-25,29H,6-15H2,1-5H3,(H,30,31,32)/t17-,18+,20-,21?,22?,23+,24-,25?,26+,27-/m1/s1. The van der Waals surface area contributed by atoms with Crippen LogP contribution in [0.3, 0.4) is 0 Å². The summed E-state index contributed by atoms with van der Waals surface area (Å²) < 4.78 is 36.7. The predicted molar refractivity (Wildman–Crippen MR) is 131 cm³/mol. The monoisotopic (exact) mass is 498 g/mol. The maximum absolute atomic E-state index is 12.2. The summed E-state index contributed by atoms with van der Waals surface area (Å²) >= 11 is 0. The van der Waals surface area contributed by atoms with E-state index in [0.29, 0.717) is 60.6 Å². The minimum Gasteiger partial charge on any atom is -0.393 e. The third-order valence-corrected chi connectivity index (χ3v) is 11.6. The van der Waals surface area contributed by atoms with Gasteiger partial charge in [0.25, 0.3) is 0 Å². The first-order valence-electron chi connectivity index (χ1n) is 13.6. The topological polar surface area (TPSA) is 101 Å². The van der Waals surface area contributed by atoms with Crippen LogP contribution in [0.5, 0.6) is 0 Å². The lowest BCUT2D eigenvalue weighted by molar-refractivity contribution is -0.169. The van der Waals surface area contributed by atoms with E-state index < -0.39 is 16.5 Å². The molecule has 6 nitrogen and oxygen atoms in total. The van der Waals surface area contributed by atoms with E-state index in [-0.39, 0.29) is 22.9 Å². The molecular weight excluding hydrogens is 452 g/mol. The van der Waals surface area contributed by atoms with E-state index >= 15 is 0 Å². The predicted octanol–water partition coefficient (Wildman–Crippen LogP) is 5.45. The number of aliphatic hydroxyl groups excluding tert-OH is 1. The van der Waals surface area contributed by atoms with Crippen LogP contribution in [-0.2, 0) is 19.4 Å². The van der Waals surface area contributed by atoms with E-state index in [1.165, 1.54) is 6.42 Å². The molecule has 2 N–H and O–H groups in total. The number of hydrogen-bond acceptors (Lipinski definition) is 5. The lowest BCUT2D eigenvalue weighted by Gasteiger charge is -2.62. The van der Waals surface area contributed by atoms with Gasteiger partial charge in [-0.25, -0.2) is 4.18 Å². The third kappa shape index (κ3) is 4.76. The molecule has 0 spiro atoms. The number of carbonyl (C=O) groups excluding carboxylic acids is 1. The Balaban J connectivity index is 1.47. The molecular formula is C27H46O6S. The van der Waals surface area contributed by atoms with Crippen molar-refractivity contribution in [3.8, 4) is 0 Å². The van der Waals surface area contributed by atoms with Gasteiger partial charge in [-0.3, -0.25) is 9.35 Å². The Hall–Kier alpha value is -0.500. The van der Waals surface area contributed by atoms with Crippen LogP contribution in [0.15, 0.2) is 0 Å². The van der Waals surface area contributed by atoms with E-state index in [0.717, 1.165) is 38.5 Å². The van der Waals surface area contributed by atoms with Gasteiger partial charge in [-0.05, 0) is 104 Å². The summed E-state index contributed by atoms with van der Waals surface area (Å²) in [6.45, 7) is 11.0. The third-order valence-electron chi connectivity index (χ3n) is 11.2. The molecule has 0 aromatic rings. The van der Waals surface area contributed by atoms with Crippen LogP contribution < -0.4 is 0 Å². The van der Waals surface area contributed by atoms with Crippen molar-refractivity contribution < 1.29 is 27.1 Å². The van der Waals surface area contributed by atoms with Crippen molar-refractivity contribution in [2.75, 3.05) is 0 Å². The fourth-order valence-electron chi connectivity index (χ4n) is 9.27. The molecule has 4 rings (SSSR count). The van der Waals surface area contributed by atoms with Crippen molar-refractivity contribution in [1.82, 2.24) is 0 Å². The second kappa shape index (κ2) is 9.42. The smallest absolute Gasteiger partial charge is 0.393 e. The Kier molecular flexibility index (Phi) is 7.36. The highest BCUT2D eigenvalue weighted by Gasteiger charge is 2.62. The zero-order valence-corrected chi connectivity index (χ0v) is 22.5. The van der Waals surface area contributed by atoms with Crippen LogP contribution in [0.25, 0.3) is 0 Å². The summed E-state index contributed by atoms with van der Waals surface area (Å²) in [4.78, 5) is 12.2. The number of aliphatic hydroxyl groups is 1. The van der Waals surface area contributed by atoms with Gasteiger partial charge in [0.1, 0.15) is 5.78 Å². The van der Waals surface area contributed by atoms with Crippen molar-refractivity contribution in [2.24, 2.45) is 52.3 Å². The summed E-state index contributed by atoms with van der Waals surface area (Å²) in [5.74, 6) is 3.04. The van der Waals surface area contributed by atoms with Crippen molar-refractivity contribution in [3.63, 3.8) is 0 Å². The van der Waals surface area contributed by atoms with Gasteiger partial charge in [0.15, 0.2) is 0 Å². The number of rotatable bonds is 7. The molecule has 0 amide bonds. The van der Waals surface area contributed by atoms with Gasteiger partial charge in [-0.1, -0.05) is 34.6 Å². The average molecular weight is 499 g/mol. The van der Waals surface area contributed by atoms with Gasteiger partial charge in [0, 0.05) is 12.8 Å². The second-order valence-corrected chi connectivity index (χ2v) is 14.2. The minimum absolute atomic E-state index is 0.00456. The van der Waals surface area contributed by atoms with Crippen molar-refractivity contribution >= 4 is 16.2 Å². The molecule has 4 saturated carbocycles. The summed E-state index contributed by atoms with van der Waals surface area (Å²) in [5, 5.41) is 11.4. The van der Waals surface area contributed by atoms with E-state index in [2.05, 4.69) is 20.8 Å². The van der Waals surface area contributed by atoms with Crippen LogP contribution >= 0.6 is 0 Å². The van der Waals surface area contributed by atoms with Gasteiger partial charge in [-0.15, -0.1) is 0 Å². The van der Waals surface area contributed by atoms with E-state index in [9.17, 15) is 18.3 Å².